The van der Waals surface area contributed by atoms with Gasteiger partial charge in [0.05, 0.1) is 5.52 Å². The zero-order chi connectivity index (χ0) is 49.4. The first-order chi connectivity index (χ1) is 34.4. The number of benzene rings is 8. The molecule has 352 valence electrons. The number of nitrogens with zero attached hydrogens (tertiary/aromatic N) is 1. The fourth-order valence-electron chi connectivity index (χ4n) is 13.1. The molecule has 0 amide bonds. The van der Waals surface area contributed by atoms with Crippen molar-refractivity contribution >= 4 is 94.2 Å². The molecule has 0 radical (unpaired) electrons. The summed E-state index contributed by atoms with van der Waals surface area (Å²) in [6, 6.07) is 53.1. The normalized spacial score (nSPS) is 16.7. The Kier molecular flexibility index (Phi) is 8.96. The van der Waals surface area contributed by atoms with Crippen LogP contribution in [0.2, 0.25) is 0 Å². The molecule has 4 aliphatic rings. The first kappa shape index (κ1) is 43.7. The number of thiophene rings is 1. The second-order valence-electron chi connectivity index (χ2n) is 24.2. The molecular weight excluding hydrogens is 892 g/mol. The van der Waals surface area contributed by atoms with Gasteiger partial charge >= 0.3 is 0 Å². The molecule has 0 fully saturated rings. The quantitative estimate of drug-likeness (QED) is 0.178. The number of nitrogens with one attached hydrogen (secondary N) is 1. The summed E-state index contributed by atoms with van der Waals surface area (Å²) >= 11 is 1.88. The number of fused-ring (bicyclic) bond motifs is 13. The summed E-state index contributed by atoms with van der Waals surface area (Å²) in [4.78, 5) is 0. The summed E-state index contributed by atoms with van der Waals surface area (Å²) in [5.41, 5.74) is 24.0. The van der Waals surface area contributed by atoms with Gasteiger partial charge in [-0.15, -0.1) is 11.3 Å². The van der Waals surface area contributed by atoms with E-state index in [1.807, 2.05) is 17.4 Å². The molecule has 0 unspecified atom stereocenters. The van der Waals surface area contributed by atoms with Gasteiger partial charge in [-0.3, -0.25) is 0 Å². The summed E-state index contributed by atoms with van der Waals surface area (Å²) < 4.78 is 12.0. The van der Waals surface area contributed by atoms with Gasteiger partial charge in [-0.05, 0) is 139 Å². The summed E-state index contributed by atoms with van der Waals surface area (Å²) in [5, 5.41) is 9.23. The standard InChI is InChI=1S/C67H59BN2OS/c1-37-28-58(38-16-12-11-13-17-38)71-59-35-57-54(32-44(37)59)68-62-42(24-25-43-48-30-49-41-18-14-15-19-60(41)72-61(49)36-56(48)70(57)63(43)62)47-29-45-46-31-52-53(66(7,8)27-26-65(52,5)6)33-50(46)67(9,10)51(45)34-55(47)69-40-22-20-39(21-23-40)64(2,3)4/h11-25,28-36,68-69H,1,26-27H2,2-10H3. The van der Waals surface area contributed by atoms with Crippen LogP contribution in [0, 0.1) is 0 Å². The van der Waals surface area contributed by atoms with E-state index < -0.39 is 0 Å². The van der Waals surface area contributed by atoms with Crippen LogP contribution in [-0.4, -0.2) is 11.8 Å². The minimum atomic E-state index is -0.193. The van der Waals surface area contributed by atoms with E-state index in [-0.39, 0.29) is 21.7 Å². The molecule has 4 heterocycles. The van der Waals surface area contributed by atoms with Crippen LogP contribution in [0.25, 0.3) is 81.3 Å². The lowest BCUT2D eigenvalue weighted by atomic mass is 9.58. The van der Waals surface area contributed by atoms with Crippen LogP contribution >= 0.6 is 11.3 Å². The van der Waals surface area contributed by atoms with E-state index in [0.717, 1.165) is 46.9 Å². The lowest BCUT2D eigenvalue weighted by molar-refractivity contribution is 0.331. The van der Waals surface area contributed by atoms with Crippen LogP contribution in [0.4, 0.5) is 11.4 Å². The van der Waals surface area contributed by atoms with Crippen molar-refractivity contribution in [2.75, 3.05) is 5.32 Å². The van der Waals surface area contributed by atoms with Crippen molar-refractivity contribution in [3.8, 4) is 33.7 Å². The molecule has 5 heteroatoms. The highest BCUT2D eigenvalue weighted by molar-refractivity contribution is 7.25. The second kappa shape index (κ2) is 14.8. The highest BCUT2D eigenvalue weighted by Crippen LogP contribution is 2.56. The molecule has 0 atom stereocenters. The number of allylic oxidation sites excluding steroid dienone is 2. The highest BCUT2D eigenvalue weighted by atomic mass is 32.1. The highest BCUT2D eigenvalue weighted by Gasteiger charge is 2.43. The monoisotopic (exact) mass is 950 g/mol. The van der Waals surface area contributed by atoms with Gasteiger partial charge in [-0.1, -0.05) is 159 Å². The van der Waals surface area contributed by atoms with Crippen molar-refractivity contribution in [2.45, 2.75) is 96.8 Å². The lowest BCUT2D eigenvalue weighted by Gasteiger charge is -2.42. The number of anilines is 2. The van der Waals surface area contributed by atoms with Gasteiger partial charge in [0.2, 0.25) is 0 Å². The number of ether oxygens (including phenoxy) is 1. The molecule has 8 aromatic carbocycles. The summed E-state index contributed by atoms with van der Waals surface area (Å²) in [5.74, 6) is 1.67. The van der Waals surface area contributed by atoms with E-state index in [4.69, 9.17) is 4.74 Å². The fraction of sp³-hybridized carbons (Fsp3) is 0.224. The molecule has 14 rings (SSSR count). The maximum atomic E-state index is 6.86. The van der Waals surface area contributed by atoms with Gasteiger partial charge in [0.15, 0.2) is 7.28 Å². The molecule has 0 spiro atoms. The lowest BCUT2D eigenvalue weighted by Crippen LogP contribution is -2.37. The van der Waals surface area contributed by atoms with Crippen molar-refractivity contribution in [1.29, 1.82) is 0 Å². The Labute approximate surface area is 428 Å². The van der Waals surface area contributed by atoms with Crippen LogP contribution in [-0.2, 0) is 21.7 Å². The molecule has 1 N–H and O–H groups in total. The van der Waals surface area contributed by atoms with E-state index in [2.05, 4.69) is 218 Å². The molecule has 72 heavy (non-hydrogen) atoms. The van der Waals surface area contributed by atoms with Crippen molar-refractivity contribution in [1.82, 2.24) is 4.57 Å². The molecule has 2 aliphatic carbocycles. The minimum Gasteiger partial charge on any atom is -0.456 e. The third kappa shape index (κ3) is 6.29. The van der Waals surface area contributed by atoms with Crippen LogP contribution in [0.5, 0.6) is 5.75 Å². The maximum absolute atomic E-state index is 6.86. The van der Waals surface area contributed by atoms with Crippen molar-refractivity contribution in [3.05, 3.63) is 191 Å². The second-order valence-corrected chi connectivity index (χ2v) is 25.3. The van der Waals surface area contributed by atoms with Gasteiger partial charge in [-0.2, -0.15) is 0 Å². The molecular formula is C67H59BN2OS. The van der Waals surface area contributed by atoms with Crippen LogP contribution in [0.1, 0.15) is 114 Å². The Bertz CT molecular complexity index is 4080. The predicted octanol–water partition coefficient (Wildman–Crippen LogP) is 16.7. The molecule has 2 aromatic heterocycles. The van der Waals surface area contributed by atoms with Crippen LogP contribution in [0.3, 0.4) is 0 Å². The SMILES string of the molecule is C=C1C=C(c2ccccc2)Oc2cc3c(cc21)Bc1c(-c2cc4c(cc2Nc2ccc(C(C)(C)C)cc2)C(C)(C)c2cc5c(cc2-4)C(C)(C)CCC5(C)C)ccc2c4cc5c(cc4n-3c12)sc1ccccc15. The average Bonchev–Trinajstić information content (AvgIpc) is 3.96. The Balaban J connectivity index is 1.03. The largest absolute Gasteiger partial charge is 0.456 e. The molecule has 0 bridgehead atoms. The van der Waals surface area contributed by atoms with Crippen LogP contribution < -0.4 is 21.0 Å². The van der Waals surface area contributed by atoms with E-state index >= 15 is 0 Å². The third-order valence-electron chi connectivity index (χ3n) is 17.4. The Morgan fingerprint density at radius 3 is 2.08 bits per heavy atom. The van der Waals surface area contributed by atoms with Gasteiger partial charge in [0.1, 0.15) is 11.5 Å². The minimum absolute atomic E-state index is 0.0581. The van der Waals surface area contributed by atoms with E-state index in [9.17, 15) is 0 Å². The van der Waals surface area contributed by atoms with E-state index in [1.165, 1.54) is 122 Å². The topological polar surface area (TPSA) is 26.2 Å². The Morgan fingerprint density at radius 1 is 0.611 bits per heavy atom. The van der Waals surface area contributed by atoms with Gasteiger partial charge in [0, 0.05) is 81.7 Å². The van der Waals surface area contributed by atoms with Crippen LogP contribution in [0.15, 0.2) is 152 Å². The third-order valence-corrected chi connectivity index (χ3v) is 18.5. The molecule has 0 saturated heterocycles. The molecule has 3 nitrogen and oxygen atoms in total. The fourth-order valence-corrected chi connectivity index (χ4v) is 14.2. The number of hydrogen-bond acceptors (Lipinski definition) is 3. The molecule has 0 saturated carbocycles. The van der Waals surface area contributed by atoms with E-state index in [0.29, 0.717) is 0 Å². The Morgan fingerprint density at radius 2 is 1.32 bits per heavy atom. The first-order valence-corrected chi connectivity index (χ1v) is 26.7. The summed E-state index contributed by atoms with van der Waals surface area (Å²) in [7, 11) is 0.765. The van der Waals surface area contributed by atoms with Crippen molar-refractivity contribution in [3.63, 3.8) is 0 Å². The zero-order valence-corrected chi connectivity index (χ0v) is 43.8. The number of rotatable bonds is 4. The van der Waals surface area contributed by atoms with Gasteiger partial charge < -0.3 is 14.6 Å². The Hall–Kier alpha value is -7.08. The zero-order valence-electron chi connectivity index (χ0n) is 42.9. The summed E-state index contributed by atoms with van der Waals surface area (Å²) in [6.45, 7) is 26.2. The van der Waals surface area contributed by atoms with Gasteiger partial charge in [-0.25, -0.2) is 0 Å². The van der Waals surface area contributed by atoms with Crippen molar-refractivity contribution < 1.29 is 4.74 Å². The first-order valence-electron chi connectivity index (χ1n) is 25.9. The molecule has 2 aliphatic heterocycles. The van der Waals surface area contributed by atoms with E-state index in [1.54, 1.807) is 0 Å². The predicted molar refractivity (Wildman–Crippen MR) is 311 cm³/mol. The van der Waals surface area contributed by atoms with Gasteiger partial charge in [0.25, 0.3) is 0 Å². The maximum Gasteiger partial charge on any atom is 0.198 e. The smallest absolute Gasteiger partial charge is 0.198 e. The van der Waals surface area contributed by atoms with Crippen molar-refractivity contribution in [2.24, 2.45) is 0 Å². The number of hydrogen-bond donors (Lipinski definition) is 1. The number of aromatic nitrogens is 1. The average molecular weight is 951 g/mol. The summed E-state index contributed by atoms with van der Waals surface area (Å²) in [6.07, 6.45) is 4.48. The molecule has 10 aromatic rings.